The summed E-state index contributed by atoms with van der Waals surface area (Å²) in [6.45, 7) is -1.39. The molecule has 0 aliphatic carbocycles. The van der Waals surface area contributed by atoms with Gasteiger partial charge in [0.25, 0.3) is 0 Å². The molecule has 0 aromatic heterocycles. The molecule has 1 N–H and O–H groups in total. The molecule has 108 valence electrons. The van der Waals surface area contributed by atoms with Gasteiger partial charge in [-0.25, -0.2) is 4.39 Å². The number of ether oxygens (including phenoxy) is 1. The van der Waals surface area contributed by atoms with E-state index in [0.29, 0.717) is 10.6 Å². The Morgan fingerprint density at radius 2 is 2.05 bits per heavy atom. The van der Waals surface area contributed by atoms with Crippen molar-refractivity contribution in [3.63, 3.8) is 0 Å². The number of benzene rings is 1. The largest absolute Gasteiger partial charge is 0.411 e. The van der Waals surface area contributed by atoms with Crippen molar-refractivity contribution >= 4 is 11.6 Å². The van der Waals surface area contributed by atoms with E-state index in [1.165, 1.54) is 18.2 Å². The van der Waals surface area contributed by atoms with Gasteiger partial charge in [0.15, 0.2) is 0 Å². The number of nitrogens with one attached hydrogen (secondary N) is 1. The van der Waals surface area contributed by atoms with Crippen LogP contribution in [0.15, 0.2) is 18.2 Å². The monoisotopic (exact) mass is 299 g/mol. The highest BCUT2D eigenvalue weighted by Gasteiger charge is 2.27. The van der Waals surface area contributed by atoms with Gasteiger partial charge in [0.1, 0.15) is 12.4 Å². The fourth-order valence-corrected chi connectivity index (χ4v) is 1.88. The smallest absolute Gasteiger partial charge is 0.372 e. The average molecular weight is 300 g/mol. The van der Waals surface area contributed by atoms with Crippen LogP contribution < -0.4 is 5.32 Å². The van der Waals surface area contributed by atoms with Gasteiger partial charge in [0.2, 0.25) is 0 Å². The fraction of sp³-hybridized carbons (Fsp3) is 0.500. The van der Waals surface area contributed by atoms with Crippen LogP contribution in [0, 0.1) is 5.82 Å². The van der Waals surface area contributed by atoms with Crippen LogP contribution >= 0.6 is 11.6 Å². The minimum atomic E-state index is -4.34. The van der Waals surface area contributed by atoms with Gasteiger partial charge in [-0.15, -0.1) is 0 Å². The van der Waals surface area contributed by atoms with Crippen LogP contribution in [0.25, 0.3) is 0 Å². The van der Waals surface area contributed by atoms with Gasteiger partial charge >= 0.3 is 6.18 Å². The molecule has 0 spiro atoms. The summed E-state index contributed by atoms with van der Waals surface area (Å²) in [6, 6.07) is 3.52. The van der Waals surface area contributed by atoms with Crippen LogP contribution in [-0.2, 0) is 4.74 Å². The third-order valence-electron chi connectivity index (χ3n) is 2.50. The molecule has 1 atom stereocenters. The van der Waals surface area contributed by atoms with Gasteiger partial charge in [-0.2, -0.15) is 13.2 Å². The second-order valence-corrected chi connectivity index (χ2v) is 4.37. The van der Waals surface area contributed by atoms with Crippen molar-refractivity contribution < 1.29 is 22.3 Å². The van der Waals surface area contributed by atoms with Crippen LogP contribution in [0.1, 0.15) is 18.0 Å². The topological polar surface area (TPSA) is 21.3 Å². The van der Waals surface area contributed by atoms with Crippen LogP contribution in [0.5, 0.6) is 0 Å². The van der Waals surface area contributed by atoms with Gasteiger partial charge in [-0.1, -0.05) is 11.6 Å². The number of hydrogen-bond donors (Lipinski definition) is 1. The Morgan fingerprint density at radius 1 is 1.37 bits per heavy atom. The van der Waals surface area contributed by atoms with E-state index in [0.717, 1.165) is 0 Å². The summed E-state index contributed by atoms with van der Waals surface area (Å²) in [6.07, 6.45) is -4.08. The molecule has 1 unspecified atom stereocenters. The zero-order valence-electron chi connectivity index (χ0n) is 10.2. The molecule has 0 saturated carbocycles. The lowest BCUT2D eigenvalue weighted by Gasteiger charge is -2.18. The van der Waals surface area contributed by atoms with Crippen LogP contribution in [0.2, 0.25) is 5.02 Å². The van der Waals surface area contributed by atoms with E-state index in [1.54, 1.807) is 7.05 Å². The Balaban J connectivity index is 2.56. The van der Waals surface area contributed by atoms with Crippen molar-refractivity contribution in [2.75, 3.05) is 20.3 Å². The quantitative estimate of drug-likeness (QED) is 0.639. The SMILES string of the molecule is CNC(CCOCC(F)(F)F)c1cc(F)ccc1Cl. The van der Waals surface area contributed by atoms with Gasteiger partial charge in [0.05, 0.1) is 0 Å². The van der Waals surface area contributed by atoms with Gasteiger partial charge in [0, 0.05) is 17.7 Å². The summed E-state index contributed by atoms with van der Waals surface area (Å²) >= 11 is 5.93. The third-order valence-corrected chi connectivity index (χ3v) is 2.84. The second kappa shape index (κ2) is 7.07. The minimum Gasteiger partial charge on any atom is -0.372 e. The second-order valence-electron chi connectivity index (χ2n) is 3.96. The Hall–Kier alpha value is -0.850. The van der Waals surface area contributed by atoms with E-state index in [2.05, 4.69) is 10.1 Å². The molecule has 19 heavy (non-hydrogen) atoms. The molecule has 0 radical (unpaired) electrons. The van der Waals surface area contributed by atoms with Crippen molar-refractivity contribution in [1.29, 1.82) is 0 Å². The maximum Gasteiger partial charge on any atom is 0.411 e. The van der Waals surface area contributed by atoms with Gasteiger partial charge < -0.3 is 10.1 Å². The van der Waals surface area contributed by atoms with E-state index < -0.39 is 18.6 Å². The first kappa shape index (κ1) is 16.2. The van der Waals surface area contributed by atoms with Crippen molar-refractivity contribution in [2.45, 2.75) is 18.6 Å². The summed E-state index contributed by atoms with van der Waals surface area (Å²) in [7, 11) is 1.62. The Kier molecular flexibility index (Phi) is 6.03. The maximum absolute atomic E-state index is 13.1. The molecular weight excluding hydrogens is 286 g/mol. The first-order valence-corrected chi connectivity index (χ1v) is 5.98. The molecule has 7 heteroatoms. The summed E-state index contributed by atoms with van der Waals surface area (Å²) < 4.78 is 53.3. The fourth-order valence-electron chi connectivity index (χ4n) is 1.63. The van der Waals surface area contributed by atoms with Crippen molar-refractivity contribution in [2.24, 2.45) is 0 Å². The van der Waals surface area contributed by atoms with Crippen molar-refractivity contribution in [1.82, 2.24) is 5.32 Å². The first-order chi connectivity index (χ1) is 8.83. The Labute approximate surface area is 113 Å². The minimum absolute atomic E-state index is 0.0993. The summed E-state index contributed by atoms with van der Waals surface area (Å²) in [5.41, 5.74) is 0.500. The zero-order chi connectivity index (χ0) is 14.5. The normalized spacial score (nSPS) is 13.6. The number of halogens is 5. The molecule has 0 aliphatic heterocycles. The first-order valence-electron chi connectivity index (χ1n) is 5.60. The van der Waals surface area contributed by atoms with Gasteiger partial charge in [-0.3, -0.25) is 0 Å². The highest BCUT2D eigenvalue weighted by Crippen LogP contribution is 2.26. The highest BCUT2D eigenvalue weighted by molar-refractivity contribution is 6.31. The number of rotatable bonds is 6. The summed E-state index contributed by atoms with van der Waals surface area (Å²) in [4.78, 5) is 0. The zero-order valence-corrected chi connectivity index (χ0v) is 11.0. The molecule has 1 aromatic rings. The lowest BCUT2D eigenvalue weighted by Crippen LogP contribution is -2.22. The molecule has 1 rings (SSSR count). The van der Waals surface area contributed by atoms with Crippen LogP contribution in [0.3, 0.4) is 0 Å². The standard InChI is InChI=1S/C12H14ClF4NO/c1-18-11(4-5-19-7-12(15,16)17)9-6-8(14)2-3-10(9)13/h2-3,6,11,18H,4-5,7H2,1H3. The summed E-state index contributed by atoms with van der Waals surface area (Å²) in [5.74, 6) is -0.448. The Bertz CT molecular complexity index is 411. The molecule has 0 aliphatic rings. The predicted molar refractivity (Wildman–Crippen MR) is 64.7 cm³/mol. The van der Waals surface area contributed by atoms with E-state index in [-0.39, 0.29) is 19.1 Å². The van der Waals surface area contributed by atoms with E-state index in [9.17, 15) is 17.6 Å². The lowest BCUT2D eigenvalue weighted by atomic mass is 10.0. The summed E-state index contributed by atoms with van der Waals surface area (Å²) in [5, 5.41) is 3.23. The van der Waals surface area contributed by atoms with E-state index >= 15 is 0 Å². The van der Waals surface area contributed by atoms with Crippen molar-refractivity contribution in [3.8, 4) is 0 Å². The number of hydrogen-bond acceptors (Lipinski definition) is 2. The maximum atomic E-state index is 13.1. The average Bonchev–Trinajstić information content (AvgIpc) is 2.32. The van der Waals surface area contributed by atoms with E-state index in [1.807, 2.05) is 0 Å². The third kappa shape index (κ3) is 5.76. The molecule has 2 nitrogen and oxygen atoms in total. The van der Waals surface area contributed by atoms with Crippen LogP contribution in [0.4, 0.5) is 17.6 Å². The van der Waals surface area contributed by atoms with Crippen molar-refractivity contribution in [3.05, 3.63) is 34.6 Å². The molecule has 0 fully saturated rings. The molecule has 0 saturated heterocycles. The molecule has 0 bridgehead atoms. The molecular formula is C12H14ClF4NO. The Morgan fingerprint density at radius 3 is 2.63 bits per heavy atom. The van der Waals surface area contributed by atoms with Gasteiger partial charge in [-0.05, 0) is 37.2 Å². The lowest BCUT2D eigenvalue weighted by molar-refractivity contribution is -0.174. The molecule has 1 aromatic carbocycles. The molecule has 0 heterocycles. The predicted octanol–water partition coefficient (Wildman–Crippen LogP) is 3.71. The number of alkyl halides is 3. The van der Waals surface area contributed by atoms with E-state index in [4.69, 9.17) is 11.6 Å². The molecule has 0 amide bonds. The van der Waals surface area contributed by atoms with Crippen LogP contribution in [-0.4, -0.2) is 26.4 Å². The highest BCUT2D eigenvalue weighted by atomic mass is 35.5.